The first-order valence-electron chi connectivity index (χ1n) is 5.46. The van der Waals surface area contributed by atoms with Gasteiger partial charge in [0, 0.05) is 12.1 Å². The summed E-state index contributed by atoms with van der Waals surface area (Å²) in [5.74, 6) is 0.243. The van der Waals surface area contributed by atoms with Crippen molar-refractivity contribution >= 4 is 17.3 Å². The van der Waals surface area contributed by atoms with Crippen LogP contribution in [0.5, 0.6) is 0 Å². The maximum absolute atomic E-state index is 11.0. The smallest absolute Gasteiger partial charge is 0.353 e. The molecular formula is C10H15N5O2. The fraction of sp³-hybridized carbons (Fsp3) is 0.600. The fourth-order valence-electron chi connectivity index (χ4n) is 2.26. The predicted molar refractivity (Wildman–Crippen MR) is 63.8 cm³/mol. The first-order valence-corrected chi connectivity index (χ1v) is 5.46. The third-order valence-corrected chi connectivity index (χ3v) is 3.17. The lowest BCUT2D eigenvalue weighted by Gasteiger charge is -2.32. The number of rotatable bonds is 2. The zero-order valence-corrected chi connectivity index (χ0v) is 9.88. The topological polar surface area (TPSA) is 98.2 Å². The molecule has 1 fully saturated rings. The highest BCUT2D eigenvalue weighted by Gasteiger charge is 2.37. The molecule has 0 radical (unpaired) electrons. The Labute approximate surface area is 98.8 Å². The molecule has 1 aromatic rings. The Hall–Kier alpha value is -1.92. The van der Waals surface area contributed by atoms with Gasteiger partial charge in [0.05, 0.1) is 4.92 Å². The van der Waals surface area contributed by atoms with Crippen LogP contribution in [0.3, 0.4) is 0 Å². The predicted octanol–water partition coefficient (Wildman–Crippen LogP) is 1.35. The lowest BCUT2D eigenvalue weighted by molar-refractivity contribution is -0.383. The van der Waals surface area contributed by atoms with E-state index < -0.39 is 4.92 Å². The molecule has 0 aliphatic carbocycles. The maximum atomic E-state index is 11.0. The fourth-order valence-corrected chi connectivity index (χ4v) is 2.26. The van der Waals surface area contributed by atoms with E-state index in [0.29, 0.717) is 5.82 Å². The molecule has 2 heterocycles. The van der Waals surface area contributed by atoms with Gasteiger partial charge in [0.2, 0.25) is 11.6 Å². The Morgan fingerprint density at radius 3 is 2.76 bits per heavy atom. The summed E-state index contributed by atoms with van der Waals surface area (Å²) in [6.07, 6.45) is 3.24. The Balaban J connectivity index is 2.52. The lowest BCUT2D eigenvalue weighted by Crippen LogP contribution is -2.39. The zero-order valence-electron chi connectivity index (χ0n) is 9.88. The van der Waals surface area contributed by atoms with Crippen molar-refractivity contribution in [3.8, 4) is 0 Å². The zero-order chi connectivity index (χ0) is 12.6. The van der Waals surface area contributed by atoms with Crippen molar-refractivity contribution in [2.24, 2.45) is 0 Å². The molecule has 1 aromatic heterocycles. The molecule has 0 saturated carbocycles. The van der Waals surface area contributed by atoms with E-state index in [1.807, 2.05) is 18.7 Å². The summed E-state index contributed by atoms with van der Waals surface area (Å²) in [4.78, 5) is 20.2. The van der Waals surface area contributed by atoms with Crippen LogP contribution in [0.25, 0.3) is 0 Å². The molecule has 7 nitrogen and oxygen atoms in total. The molecule has 0 unspecified atom stereocenters. The van der Waals surface area contributed by atoms with Gasteiger partial charge in [0.25, 0.3) is 0 Å². The molecule has 0 aromatic carbocycles. The van der Waals surface area contributed by atoms with Crippen molar-refractivity contribution in [3.05, 3.63) is 16.4 Å². The van der Waals surface area contributed by atoms with Crippen LogP contribution in [0, 0.1) is 10.1 Å². The van der Waals surface area contributed by atoms with Gasteiger partial charge >= 0.3 is 5.69 Å². The van der Waals surface area contributed by atoms with E-state index in [-0.39, 0.29) is 17.0 Å². The third-order valence-electron chi connectivity index (χ3n) is 3.17. The van der Waals surface area contributed by atoms with E-state index in [0.717, 1.165) is 19.4 Å². The van der Waals surface area contributed by atoms with Crippen LogP contribution in [0.4, 0.5) is 17.3 Å². The normalized spacial score (nSPS) is 18.4. The van der Waals surface area contributed by atoms with Crippen LogP contribution in [0.15, 0.2) is 6.33 Å². The number of nitrogens with zero attached hydrogens (tertiary/aromatic N) is 4. The summed E-state index contributed by atoms with van der Waals surface area (Å²) in [5.41, 5.74) is 5.23. The number of nitrogens with two attached hydrogens (primary N) is 1. The summed E-state index contributed by atoms with van der Waals surface area (Å²) < 4.78 is 0. The minimum absolute atomic E-state index is 0.0808. The molecule has 92 valence electrons. The third kappa shape index (κ3) is 1.88. The minimum Gasteiger partial charge on any atom is -0.378 e. The van der Waals surface area contributed by atoms with Gasteiger partial charge in [-0.25, -0.2) is 9.97 Å². The van der Waals surface area contributed by atoms with E-state index >= 15 is 0 Å². The van der Waals surface area contributed by atoms with Crippen LogP contribution in [-0.2, 0) is 0 Å². The van der Waals surface area contributed by atoms with E-state index in [1.165, 1.54) is 6.33 Å². The van der Waals surface area contributed by atoms with Crippen molar-refractivity contribution in [2.45, 2.75) is 32.2 Å². The lowest BCUT2D eigenvalue weighted by atomic mass is 10.0. The summed E-state index contributed by atoms with van der Waals surface area (Å²) >= 11 is 0. The van der Waals surface area contributed by atoms with Gasteiger partial charge in [-0.2, -0.15) is 0 Å². The molecule has 0 atom stereocenters. The van der Waals surface area contributed by atoms with Crippen LogP contribution in [0.2, 0.25) is 0 Å². The first-order chi connectivity index (χ1) is 7.93. The molecule has 7 heteroatoms. The molecule has 1 aliphatic heterocycles. The van der Waals surface area contributed by atoms with Crippen molar-refractivity contribution in [2.75, 3.05) is 17.2 Å². The Morgan fingerprint density at radius 1 is 1.53 bits per heavy atom. The van der Waals surface area contributed by atoms with Crippen molar-refractivity contribution in [1.29, 1.82) is 0 Å². The number of aromatic nitrogens is 2. The van der Waals surface area contributed by atoms with Crippen LogP contribution in [-0.4, -0.2) is 27.0 Å². The quantitative estimate of drug-likeness (QED) is 0.615. The summed E-state index contributed by atoms with van der Waals surface area (Å²) in [5, 5.41) is 11.0. The second kappa shape index (κ2) is 3.83. The van der Waals surface area contributed by atoms with Gasteiger partial charge in [-0.15, -0.1) is 0 Å². The van der Waals surface area contributed by atoms with Crippen molar-refractivity contribution in [3.63, 3.8) is 0 Å². The van der Waals surface area contributed by atoms with Gasteiger partial charge in [0.15, 0.2) is 0 Å². The first kappa shape index (κ1) is 11.6. The molecule has 0 bridgehead atoms. The number of hydrogen-bond acceptors (Lipinski definition) is 6. The Morgan fingerprint density at radius 2 is 2.24 bits per heavy atom. The second-order valence-electron chi connectivity index (χ2n) is 4.76. The van der Waals surface area contributed by atoms with Gasteiger partial charge in [-0.1, -0.05) is 0 Å². The van der Waals surface area contributed by atoms with Crippen LogP contribution < -0.4 is 10.6 Å². The average Bonchev–Trinajstić information content (AvgIpc) is 2.57. The van der Waals surface area contributed by atoms with E-state index in [4.69, 9.17) is 5.73 Å². The number of nitro groups is 1. The van der Waals surface area contributed by atoms with Gasteiger partial charge in [-0.05, 0) is 26.7 Å². The molecule has 0 amide bonds. The number of anilines is 2. The SMILES string of the molecule is CC1(C)CCCN1c1ncnc(N)c1[N+](=O)[O-]. The number of nitrogen functional groups attached to an aromatic ring is 1. The highest BCUT2D eigenvalue weighted by atomic mass is 16.6. The second-order valence-corrected chi connectivity index (χ2v) is 4.76. The number of hydrogen-bond donors (Lipinski definition) is 1. The standard InChI is InChI=1S/C10H15N5O2/c1-10(2)4-3-5-14(10)9-7(15(16)17)8(11)12-6-13-9/h6H,3-5H2,1-2H3,(H2,11,12,13). The maximum Gasteiger partial charge on any atom is 0.353 e. The van der Waals surface area contributed by atoms with Crippen molar-refractivity contribution < 1.29 is 4.92 Å². The monoisotopic (exact) mass is 237 g/mol. The Bertz CT molecular complexity index is 460. The van der Waals surface area contributed by atoms with Crippen molar-refractivity contribution in [1.82, 2.24) is 9.97 Å². The molecule has 2 N–H and O–H groups in total. The Kier molecular flexibility index (Phi) is 2.60. The van der Waals surface area contributed by atoms with E-state index in [2.05, 4.69) is 9.97 Å². The molecule has 2 rings (SSSR count). The molecular weight excluding hydrogens is 222 g/mol. The molecule has 17 heavy (non-hydrogen) atoms. The average molecular weight is 237 g/mol. The van der Waals surface area contributed by atoms with Crippen LogP contribution in [0.1, 0.15) is 26.7 Å². The highest BCUT2D eigenvalue weighted by molar-refractivity contribution is 5.69. The molecule has 1 aliphatic rings. The highest BCUT2D eigenvalue weighted by Crippen LogP contribution is 2.38. The summed E-state index contributed by atoms with van der Waals surface area (Å²) in [7, 11) is 0. The summed E-state index contributed by atoms with van der Waals surface area (Å²) in [6, 6.07) is 0. The van der Waals surface area contributed by atoms with Gasteiger partial charge < -0.3 is 10.6 Å². The van der Waals surface area contributed by atoms with E-state index in [1.54, 1.807) is 0 Å². The van der Waals surface area contributed by atoms with Gasteiger partial charge in [0.1, 0.15) is 6.33 Å². The largest absolute Gasteiger partial charge is 0.378 e. The van der Waals surface area contributed by atoms with Gasteiger partial charge in [-0.3, -0.25) is 10.1 Å². The molecule has 1 saturated heterocycles. The van der Waals surface area contributed by atoms with E-state index in [9.17, 15) is 10.1 Å². The summed E-state index contributed by atoms with van der Waals surface area (Å²) in [6.45, 7) is 4.84. The van der Waals surface area contributed by atoms with Crippen LogP contribution >= 0.6 is 0 Å². The minimum atomic E-state index is -0.515. The molecule has 0 spiro atoms.